The van der Waals surface area contributed by atoms with E-state index in [0.29, 0.717) is 24.3 Å². The second-order valence-electron chi connectivity index (χ2n) is 11.4. The summed E-state index contributed by atoms with van der Waals surface area (Å²) in [6.45, 7) is 1.93. The molecule has 0 bridgehead atoms. The number of amidine groups is 1. The van der Waals surface area contributed by atoms with Crippen molar-refractivity contribution < 1.29 is 49.9 Å². The Kier molecular flexibility index (Phi) is 11.2. The zero-order chi connectivity index (χ0) is 35.2. The number of para-hydroxylation sites is 1. The number of rotatable bonds is 8. The number of halogens is 6. The molecule has 4 aromatic rings. The van der Waals surface area contributed by atoms with E-state index in [2.05, 4.69) is 55.5 Å². The molecule has 3 aromatic carbocycles. The number of amides is 1. The molecule has 0 fully saturated rings. The van der Waals surface area contributed by atoms with Gasteiger partial charge in [-0.05, 0) is 29.3 Å². The second kappa shape index (κ2) is 14.5. The third-order valence-electron chi connectivity index (χ3n) is 6.40. The van der Waals surface area contributed by atoms with Gasteiger partial charge in [0.2, 0.25) is 0 Å². The van der Waals surface area contributed by atoms with Crippen LogP contribution in [0.5, 0.6) is 0 Å². The lowest BCUT2D eigenvalue weighted by atomic mass is 10.1. The summed E-state index contributed by atoms with van der Waals surface area (Å²) in [5.41, 5.74) is 11.3. The number of fused-ring (bicyclic) bond motifs is 1. The number of nitrogens with two attached hydrogens (primary N) is 1. The number of benzene rings is 3. The van der Waals surface area contributed by atoms with Gasteiger partial charge >= 0.3 is 24.3 Å². The number of nitrogen functional groups attached to an aromatic ring is 1. The van der Waals surface area contributed by atoms with Crippen molar-refractivity contribution in [2.75, 3.05) is 21.1 Å². The Labute approximate surface area is 265 Å². The lowest BCUT2D eigenvalue weighted by Gasteiger charge is -2.23. The molecule has 9 nitrogen and oxygen atoms in total. The number of hydrogen-bond donors (Lipinski definition) is 3. The average Bonchev–Trinajstić information content (AvgIpc) is 3.33. The monoisotopic (exact) mass is 664 g/mol. The number of esters is 2. The quantitative estimate of drug-likeness (QED) is 0.0590. The maximum absolute atomic E-state index is 13.2. The van der Waals surface area contributed by atoms with E-state index in [-0.39, 0.29) is 11.7 Å². The zero-order valence-corrected chi connectivity index (χ0v) is 25.5. The number of alkyl halides is 6. The standard InChI is InChI=1S/C28H31N5O.C4F6O3/c1-33(2,3)19-21-13-11-20(12-14-21)17-31-28(34)26-16-23-8-4-5-10-25(23)32(26)18-22-7-6-9-24(15-22)27(29)30;5-3(6,7)1(11)13-2(12)4(8,9)10/h4-16H,17-19H2,1-3H3,(H3-,29,30,31,34);/p+1. The van der Waals surface area contributed by atoms with E-state index in [0.717, 1.165) is 33.1 Å². The SMILES string of the molecule is C[N+](C)(C)Cc1ccc(CNC(=O)c2cc3ccccc3n2Cc2cccc(C(=N)N)c2)cc1.O=C(OC(=O)C(F)(F)F)C(F)(F)F. The van der Waals surface area contributed by atoms with Crippen LogP contribution in [0.3, 0.4) is 0 Å². The Balaban J connectivity index is 0.000000392. The van der Waals surface area contributed by atoms with Crippen molar-refractivity contribution in [3.8, 4) is 0 Å². The molecule has 0 radical (unpaired) electrons. The number of nitrogens with one attached hydrogen (secondary N) is 2. The van der Waals surface area contributed by atoms with Gasteiger partial charge in [-0.25, -0.2) is 9.59 Å². The molecule has 0 saturated carbocycles. The molecule has 15 heteroatoms. The van der Waals surface area contributed by atoms with Crippen molar-refractivity contribution in [2.24, 2.45) is 5.73 Å². The third-order valence-corrected chi connectivity index (χ3v) is 6.40. The summed E-state index contributed by atoms with van der Waals surface area (Å²) in [7, 11) is 6.51. The van der Waals surface area contributed by atoms with Gasteiger partial charge in [0, 0.05) is 35.1 Å². The van der Waals surface area contributed by atoms with Crippen LogP contribution in [0.15, 0.2) is 78.9 Å². The molecule has 4 N–H and O–H groups in total. The highest BCUT2D eigenvalue weighted by Crippen LogP contribution is 2.23. The molecule has 1 amide bonds. The minimum Gasteiger partial charge on any atom is -0.384 e. The van der Waals surface area contributed by atoms with Crippen LogP contribution in [0.2, 0.25) is 0 Å². The Morgan fingerprint density at radius 3 is 1.94 bits per heavy atom. The summed E-state index contributed by atoms with van der Waals surface area (Å²) in [6.07, 6.45) is -11.2. The highest BCUT2D eigenvalue weighted by atomic mass is 19.4. The van der Waals surface area contributed by atoms with Gasteiger partial charge in [-0.1, -0.05) is 60.7 Å². The van der Waals surface area contributed by atoms with Gasteiger partial charge in [-0.3, -0.25) is 10.2 Å². The number of quaternary nitrogens is 1. The van der Waals surface area contributed by atoms with Crippen LogP contribution < -0.4 is 11.1 Å². The van der Waals surface area contributed by atoms with Gasteiger partial charge in [0.1, 0.15) is 18.1 Å². The van der Waals surface area contributed by atoms with Gasteiger partial charge in [-0.2, -0.15) is 26.3 Å². The smallest absolute Gasteiger partial charge is 0.384 e. The molecular weight excluding hydrogens is 632 g/mol. The fraction of sp³-hybridized carbons (Fsp3) is 0.250. The van der Waals surface area contributed by atoms with Crippen LogP contribution in [-0.2, 0) is 34.0 Å². The second-order valence-corrected chi connectivity index (χ2v) is 11.4. The lowest BCUT2D eigenvalue weighted by Crippen LogP contribution is -2.34. The van der Waals surface area contributed by atoms with Gasteiger partial charge in [-0.15, -0.1) is 0 Å². The minimum atomic E-state index is -5.62. The Morgan fingerprint density at radius 1 is 0.809 bits per heavy atom. The van der Waals surface area contributed by atoms with Crippen molar-refractivity contribution in [1.82, 2.24) is 9.88 Å². The predicted octanol–water partition coefficient (Wildman–Crippen LogP) is 5.29. The molecule has 1 heterocycles. The van der Waals surface area contributed by atoms with E-state index >= 15 is 0 Å². The van der Waals surface area contributed by atoms with Crippen LogP contribution in [0, 0.1) is 5.41 Å². The summed E-state index contributed by atoms with van der Waals surface area (Å²) in [6, 6.07) is 25.9. The van der Waals surface area contributed by atoms with E-state index in [1.165, 1.54) is 5.56 Å². The van der Waals surface area contributed by atoms with Crippen LogP contribution >= 0.6 is 0 Å². The van der Waals surface area contributed by atoms with Crippen LogP contribution in [0.1, 0.15) is 32.7 Å². The van der Waals surface area contributed by atoms with Crippen molar-refractivity contribution in [2.45, 2.75) is 32.0 Å². The largest absolute Gasteiger partial charge is 0.491 e. The average molecular weight is 665 g/mol. The van der Waals surface area contributed by atoms with Crippen LogP contribution in [-0.4, -0.2) is 66.2 Å². The van der Waals surface area contributed by atoms with E-state index in [4.69, 9.17) is 11.1 Å². The predicted molar refractivity (Wildman–Crippen MR) is 161 cm³/mol. The summed E-state index contributed by atoms with van der Waals surface area (Å²) in [4.78, 5) is 32.5. The maximum Gasteiger partial charge on any atom is 0.491 e. The molecule has 1 aromatic heterocycles. The lowest BCUT2D eigenvalue weighted by molar-refractivity contribution is -0.884. The van der Waals surface area contributed by atoms with E-state index < -0.39 is 24.3 Å². The first-order valence-corrected chi connectivity index (χ1v) is 13.8. The molecule has 0 atom stereocenters. The fourth-order valence-corrected chi connectivity index (χ4v) is 4.37. The zero-order valence-electron chi connectivity index (χ0n) is 25.5. The highest BCUT2D eigenvalue weighted by Gasteiger charge is 2.49. The number of hydrogen-bond acceptors (Lipinski definition) is 5. The van der Waals surface area contributed by atoms with Crippen molar-refractivity contribution in [1.29, 1.82) is 5.41 Å². The van der Waals surface area contributed by atoms with Crippen molar-refractivity contribution >= 4 is 34.6 Å². The van der Waals surface area contributed by atoms with Gasteiger partial charge in [0.25, 0.3) is 5.91 Å². The van der Waals surface area contributed by atoms with Crippen molar-refractivity contribution in [3.63, 3.8) is 0 Å². The van der Waals surface area contributed by atoms with Gasteiger partial charge in [0.05, 0.1) is 21.1 Å². The molecular formula is C32H32F6N5O4+. The number of nitrogens with zero attached hydrogens (tertiary/aromatic N) is 2. The number of carbonyl (C=O) groups is 3. The first-order valence-electron chi connectivity index (χ1n) is 13.8. The van der Waals surface area contributed by atoms with Crippen LogP contribution in [0.4, 0.5) is 26.3 Å². The van der Waals surface area contributed by atoms with Crippen molar-refractivity contribution in [3.05, 3.63) is 107 Å². The molecule has 0 spiro atoms. The molecule has 47 heavy (non-hydrogen) atoms. The maximum atomic E-state index is 13.2. The number of carbonyl (C=O) groups excluding carboxylic acids is 3. The van der Waals surface area contributed by atoms with E-state index in [1.54, 1.807) is 0 Å². The molecule has 4 rings (SSSR count). The van der Waals surface area contributed by atoms with E-state index in [1.807, 2.05) is 59.2 Å². The summed E-state index contributed by atoms with van der Waals surface area (Å²) >= 11 is 0. The van der Waals surface area contributed by atoms with Crippen LogP contribution in [0.25, 0.3) is 10.9 Å². The molecule has 250 valence electrons. The summed E-state index contributed by atoms with van der Waals surface area (Å²) in [5.74, 6) is -6.48. The number of aromatic nitrogens is 1. The Morgan fingerprint density at radius 2 is 1.38 bits per heavy atom. The number of ether oxygens (including phenoxy) is 1. The fourth-order valence-electron chi connectivity index (χ4n) is 4.37. The summed E-state index contributed by atoms with van der Waals surface area (Å²) in [5, 5.41) is 11.8. The van der Waals surface area contributed by atoms with Gasteiger partial charge < -0.3 is 24.8 Å². The highest BCUT2D eigenvalue weighted by molar-refractivity contribution is 5.99. The third kappa shape index (κ3) is 10.7. The van der Waals surface area contributed by atoms with E-state index in [9.17, 15) is 40.7 Å². The molecule has 0 aliphatic heterocycles. The normalized spacial score (nSPS) is 11.8. The first kappa shape index (κ1) is 36.3. The minimum absolute atomic E-state index is 0.0321. The summed E-state index contributed by atoms with van der Waals surface area (Å²) < 4.78 is 72.6. The Hall–Kier alpha value is -5.18. The molecule has 0 aliphatic carbocycles. The molecule has 0 aliphatic rings. The first-order chi connectivity index (χ1) is 21.7. The topological polar surface area (TPSA) is 127 Å². The molecule has 0 saturated heterocycles. The van der Waals surface area contributed by atoms with Gasteiger partial charge in [0.15, 0.2) is 0 Å². The Bertz CT molecular complexity index is 1730. The molecule has 0 unspecified atom stereocenters.